The summed E-state index contributed by atoms with van der Waals surface area (Å²) in [6.45, 7) is 2.18. The first kappa shape index (κ1) is 16.4. The van der Waals surface area contributed by atoms with Crippen molar-refractivity contribution in [1.29, 1.82) is 0 Å². The molecule has 0 unspecified atom stereocenters. The summed E-state index contributed by atoms with van der Waals surface area (Å²) in [7, 11) is 3.75. The van der Waals surface area contributed by atoms with Gasteiger partial charge in [-0.3, -0.25) is 4.79 Å². The summed E-state index contributed by atoms with van der Waals surface area (Å²) in [6, 6.07) is 6.92. The first-order valence-corrected chi connectivity index (χ1v) is 6.58. The maximum absolute atomic E-state index is 11.9. The largest absolute Gasteiger partial charge is 0.461 e. The van der Waals surface area contributed by atoms with Gasteiger partial charge in [-0.25, -0.2) is 4.79 Å². The summed E-state index contributed by atoms with van der Waals surface area (Å²) < 4.78 is 5.08. The molecule has 0 saturated carbocycles. The molecule has 20 heavy (non-hydrogen) atoms. The molecule has 0 bridgehead atoms. The van der Waals surface area contributed by atoms with E-state index in [1.807, 2.05) is 19.0 Å². The van der Waals surface area contributed by atoms with Gasteiger partial charge in [-0.2, -0.15) is 0 Å². The fourth-order valence-corrected chi connectivity index (χ4v) is 1.66. The molecule has 0 aliphatic rings. The summed E-state index contributed by atoms with van der Waals surface area (Å²) in [4.78, 5) is 25.3. The lowest BCUT2D eigenvalue weighted by atomic mass is 10.1. The molecule has 0 saturated heterocycles. The van der Waals surface area contributed by atoms with Gasteiger partial charge in [0, 0.05) is 11.6 Å². The van der Waals surface area contributed by atoms with Crippen LogP contribution in [0.5, 0.6) is 0 Å². The number of nitrogens with zero attached hydrogens (tertiary/aromatic N) is 1. The second kappa shape index (κ2) is 7.82. The van der Waals surface area contributed by atoms with Gasteiger partial charge in [0.25, 0.3) is 0 Å². The number of likely N-dealkylation sites (N-methyl/N-ethyl adjacent to an activating group) is 1. The van der Waals surface area contributed by atoms with Gasteiger partial charge in [0.2, 0.25) is 0 Å². The summed E-state index contributed by atoms with van der Waals surface area (Å²) in [5, 5.41) is 0.544. The highest BCUT2D eigenvalue weighted by Crippen LogP contribution is 2.15. The number of ether oxygens (including phenoxy) is 1. The Balaban J connectivity index is 2.83. The molecule has 0 heterocycles. The third kappa shape index (κ3) is 5.55. The fraction of sp³-hybridized carbons (Fsp3) is 0.333. The number of halogens is 1. The van der Waals surface area contributed by atoms with Crippen molar-refractivity contribution in [2.45, 2.75) is 6.92 Å². The zero-order chi connectivity index (χ0) is 15.1. The van der Waals surface area contributed by atoms with Crippen molar-refractivity contribution in [3.05, 3.63) is 40.4 Å². The molecule has 1 aromatic rings. The van der Waals surface area contributed by atoms with E-state index in [2.05, 4.69) is 0 Å². The Morgan fingerprint density at radius 2 is 2.05 bits per heavy atom. The van der Waals surface area contributed by atoms with Crippen molar-refractivity contribution in [2.24, 2.45) is 0 Å². The Hall–Kier alpha value is -1.65. The maximum Gasteiger partial charge on any atom is 0.341 e. The van der Waals surface area contributed by atoms with Crippen LogP contribution in [0.15, 0.2) is 29.8 Å². The third-order valence-corrected chi connectivity index (χ3v) is 2.77. The van der Waals surface area contributed by atoms with Crippen LogP contribution in [0.1, 0.15) is 12.5 Å². The molecule has 4 nitrogen and oxygen atoms in total. The topological polar surface area (TPSA) is 46.6 Å². The van der Waals surface area contributed by atoms with Gasteiger partial charge in [0.1, 0.15) is 12.2 Å². The van der Waals surface area contributed by atoms with E-state index in [1.165, 1.54) is 13.0 Å². The van der Waals surface area contributed by atoms with E-state index in [9.17, 15) is 9.59 Å². The third-order valence-electron chi connectivity index (χ3n) is 2.53. The number of esters is 1. The van der Waals surface area contributed by atoms with Gasteiger partial charge in [-0.1, -0.05) is 23.7 Å². The van der Waals surface area contributed by atoms with Crippen LogP contribution in [0.4, 0.5) is 0 Å². The van der Waals surface area contributed by atoms with Crippen molar-refractivity contribution in [3.63, 3.8) is 0 Å². The predicted molar refractivity (Wildman–Crippen MR) is 79.6 cm³/mol. The van der Waals surface area contributed by atoms with E-state index in [4.69, 9.17) is 16.3 Å². The zero-order valence-corrected chi connectivity index (χ0v) is 12.6. The van der Waals surface area contributed by atoms with Crippen molar-refractivity contribution in [3.8, 4) is 0 Å². The van der Waals surface area contributed by atoms with E-state index >= 15 is 0 Å². The van der Waals surface area contributed by atoms with Crippen LogP contribution in [0, 0.1) is 0 Å². The van der Waals surface area contributed by atoms with E-state index in [0.29, 0.717) is 17.1 Å². The van der Waals surface area contributed by atoms with Crippen molar-refractivity contribution in [1.82, 2.24) is 4.90 Å². The molecule has 1 aromatic carbocycles. The van der Waals surface area contributed by atoms with Crippen LogP contribution in [0.2, 0.25) is 5.02 Å². The van der Waals surface area contributed by atoms with E-state index in [-0.39, 0.29) is 18.0 Å². The number of hydrogen-bond donors (Lipinski definition) is 0. The number of benzene rings is 1. The van der Waals surface area contributed by atoms with Gasteiger partial charge in [0.15, 0.2) is 5.78 Å². The van der Waals surface area contributed by atoms with Crippen molar-refractivity contribution >= 4 is 29.4 Å². The van der Waals surface area contributed by atoms with Crippen LogP contribution >= 0.6 is 11.6 Å². The van der Waals surface area contributed by atoms with E-state index in [0.717, 1.165) is 0 Å². The summed E-state index contributed by atoms with van der Waals surface area (Å²) >= 11 is 5.87. The molecule has 0 spiro atoms. The lowest BCUT2D eigenvalue weighted by Crippen LogP contribution is -2.22. The molecule has 108 valence electrons. The normalized spacial score (nSPS) is 11.6. The minimum absolute atomic E-state index is 0.0195. The Kier molecular flexibility index (Phi) is 6.42. The molecule has 0 amide bonds. The summed E-state index contributed by atoms with van der Waals surface area (Å²) in [6.07, 6.45) is 1.49. The number of carbonyl (C=O) groups excluding carboxylic acids is 2. The van der Waals surface area contributed by atoms with Gasteiger partial charge < -0.3 is 9.64 Å². The second-order valence-corrected chi connectivity index (χ2v) is 5.04. The Morgan fingerprint density at radius 1 is 1.35 bits per heavy atom. The molecule has 0 fully saturated rings. The highest BCUT2D eigenvalue weighted by atomic mass is 35.5. The number of hydrogen-bond acceptors (Lipinski definition) is 4. The molecule has 0 N–H and O–H groups in total. The molecule has 0 aliphatic heterocycles. The Labute approximate surface area is 124 Å². The standard InChI is InChI=1S/C15H18ClNO3/c1-11(18)14(15(19)20-8-7-17(2)3)10-12-5-4-6-13(16)9-12/h4-6,9-10H,7-8H2,1-3H3. The number of rotatable bonds is 6. The summed E-state index contributed by atoms with van der Waals surface area (Å²) in [5.41, 5.74) is 0.707. The zero-order valence-electron chi connectivity index (χ0n) is 11.9. The SMILES string of the molecule is CC(=O)C(=Cc1cccc(Cl)c1)C(=O)OCCN(C)C. The highest BCUT2D eigenvalue weighted by molar-refractivity contribution is 6.30. The molecule has 0 atom stereocenters. The molecular formula is C15H18ClNO3. The van der Waals surface area contributed by atoms with Gasteiger partial charge in [-0.15, -0.1) is 0 Å². The van der Waals surface area contributed by atoms with Crippen LogP contribution in [0.3, 0.4) is 0 Å². The minimum Gasteiger partial charge on any atom is -0.461 e. The molecule has 1 rings (SSSR count). The fourth-order valence-electron chi connectivity index (χ4n) is 1.47. The molecule has 0 aliphatic carbocycles. The predicted octanol–water partition coefficient (Wildman–Crippen LogP) is 2.42. The van der Waals surface area contributed by atoms with Gasteiger partial charge >= 0.3 is 5.97 Å². The van der Waals surface area contributed by atoms with Crippen molar-refractivity contribution < 1.29 is 14.3 Å². The monoisotopic (exact) mass is 295 g/mol. The minimum atomic E-state index is -0.612. The first-order valence-electron chi connectivity index (χ1n) is 6.20. The number of ketones is 1. The molecular weight excluding hydrogens is 278 g/mol. The van der Waals surface area contributed by atoms with Crippen LogP contribution in [-0.2, 0) is 14.3 Å². The Morgan fingerprint density at radius 3 is 2.60 bits per heavy atom. The van der Waals surface area contributed by atoms with Crippen LogP contribution < -0.4 is 0 Å². The first-order chi connectivity index (χ1) is 9.40. The van der Waals surface area contributed by atoms with Gasteiger partial charge in [0.05, 0.1) is 0 Å². The molecule has 5 heteroatoms. The number of carbonyl (C=O) groups is 2. The lowest BCUT2D eigenvalue weighted by Gasteiger charge is -2.10. The Bertz CT molecular complexity index is 524. The van der Waals surface area contributed by atoms with Crippen LogP contribution in [-0.4, -0.2) is 43.9 Å². The maximum atomic E-state index is 11.9. The highest BCUT2D eigenvalue weighted by Gasteiger charge is 2.16. The lowest BCUT2D eigenvalue weighted by molar-refractivity contribution is -0.140. The molecule has 0 radical (unpaired) electrons. The van der Waals surface area contributed by atoms with E-state index in [1.54, 1.807) is 24.3 Å². The average molecular weight is 296 g/mol. The number of Topliss-reactive ketones (excluding diaryl/α,β-unsaturated/α-hetero) is 1. The van der Waals surface area contributed by atoms with Crippen molar-refractivity contribution in [2.75, 3.05) is 27.2 Å². The average Bonchev–Trinajstić information content (AvgIpc) is 2.35. The second-order valence-electron chi connectivity index (χ2n) is 4.61. The summed E-state index contributed by atoms with van der Waals surface area (Å²) in [5.74, 6) is -0.945. The molecule has 0 aromatic heterocycles. The quantitative estimate of drug-likeness (QED) is 0.350. The van der Waals surface area contributed by atoms with Gasteiger partial charge in [-0.05, 0) is 44.8 Å². The smallest absolute Gasteiger partial charge is 0.341 e. The van der Waals surface area contributed by atoms with E-state index < -0.39 is 5.97 Å². The van der Waals surface area contributed by atoms with Crippen LogP contribution in [0.25, 0.3) is 6.08 Å².